The van der Waals surface area contributed by atoms with Crippen LogP contribution in [0.2, 0.25) is 0 Å². The van der Waals surface area contributed by atoms with E-state index in [-0.39, 0.29) is 6.67 Å². The molecule has 0 aliphatic heterocycles. The monoisotopic (exact) mass is 130 g/mol. The molecule has 0 saturated heterocycles. The minimum atomic E-state index is -0.320. The van der Waals surface area contributed by atoms with Gasteiger partial charge in [-0.3, -0.25) is 4.39 Å². The van der Waals surface area contributed by atoms with Gasteiger partial charge in [0.15, 0.2) is 0 Å². The summed E-state index contributed by atoms with van der Waals surface area (Å²) in [7, 11) is 0. The van der Waals surface area contributed by atoms with Crippen LogP contribution in [0.4, 0.5) is 4.39 Å². The molecule has 1 aromatic heterocycles. The summed E-state index contributed by atoms with van der Waals surface area (Å²) in [6.45, 7) is 0.239. The Morgan fingerprint density at radius 2 is 2.44 bits per heavy atom. The Morgan fingerprint density at radius 1 is 1.56 bits per heavy atom. The van der Waals surface area contributed by atoms with Crippen molar-refractivity contribution >= 4 is 0 Å². The number of alkyl halides is 1. The molecule has 0 fully saturated rings. The molecule has 0 N–H and O–H groups in total. The molecule has 0 aromatic carbocycles. The maximum atomic E-state index is 11.5. The fourth-order valence-electron chi connectivity index (χ4n) is 0.504. The van der Waals surface area contributed by atoms with Gasteiger partial charge in [-0.25, -0.2) is 4.68 Å². The molecule has 1 heterocycles. The van der Waals surface area contributed by atoms with E-state index >= 15 is 0 Å². The summed E-state index contributed by atoms with van der Waals surface area (Å²) in [6, 6.07) is 0. The quantitative estimate of drug-likeness (QED) is 0.580. The smallest absolute Gasteiger partial charge is 0.138 e. The normalized spacial score (nSPS) is 9.89. The zero-order valence-electron chi connectivity index (χ0n) is 4.87. The molecule has 0 saturated carbocycles. The van der Waals surface area contributed by atoms with Gasteiger partial charge < -0.3 is 0 Å². The van der Waals surface area contributed by atoms with Gasteiger partial charge in [0.25, 0.3) is 0 Å². The molecule has 1 rings (SSSR count). The highest BCUT2D eigenvalue weighted by Crippen LogP contribution is 1.84. The molecule has 5 heteroatoms. The van der Waals surface area contributed by atoms with Gasteiger partial charge in [-0.05, 0) is 16.8 Å². The number of aromatic nitrogens is 4. The topological polar surface area (TPSA) is 43.6 Å². The van der Waals surface area contributed by atoms with Crippen molar-refractivity contribution in [3.63, 3.8) is 0 Å². The second-order valence-electron chi connectivity index (χ2n) is 1.62. The van der Waals surface area contributed by atoms with Crippen LogP contribution in [0.15, 0.2) is 6.33 Å². The highest BCUT2D eigenvalue weighted by Gasteiger charge is 1.89. The molecule has 0 radical (unpaired) electrons. The third-order valence-corrected chi connectivity index (χ3v) is 0.912. The zero-order chi connectivity index (χ0) is 6.53. The standard InChI is InChI=1S/C4H7FN4/c5-2-1-3-9-4-6-7-8-9/h4H,1-3H2. The van der Waals surface area contributed by atoms with E-state index in [9.17, 15) is 4.39 Å². The lowest BCUT2D eigenvalue weighted by Gasteiger charge is -1.91. The molecule has 0 aliphatic rings. The van der Waals surface area contributed by atoms with Crippen LogP contribution in [0.3, 0.4) is 0 Å². The molecule has 0 spiro atoms. The number of hydrogen-bond donors (Lipinski definition) is 0. The van der Waals surface area contributed by atoms with Crippen LogP contribution < -0.4 is 0 Å². The Balaban J connectivity index is 2.30. The number of nitrogens with zero attached hydrogens (tertiary/aromatic N) is 4. The van der Waals surface area contributed by atoms with Crippen LogP contribution in [-0.2, 0) is 6.54 Å². The zero-order valence-corrected chi connectivity index (χ0v) is 4.87. The SMILES string of the molecule is FCCCn1cnnn1. The van der Waals surface area contributed by atoms with Gasteiger partial charge in [0, 0.05) is 6.54 Å². The Bertz CT molecular complexity index is 150. The summed E-state index contributed by atoms with van der Waals surface area (Å²) in [5, 5.41) is 10.3. The summed E-state index contributed by atoms with van der Waals surface area (Å²) in [5.74, 6) is 0. The van der Waals surface area contributed by atoms with E-state index in [1.165, 1.54) is 11.0 Å². The van der Waals surface area contributed by atoms with E-state index in [1.807, 2.05) is 0 Å². The number of hydrogen-bond acceptors (Lipinski definition) is 3. The summed E-state index contributed by atoms with van der Waals surface area (Å²) in [4.78, 5) is 0. The van der Waals surface area contributed by atoms with Crippen molar-refractivity contribution in [3.8, 4) is 0 Å². The molecule has 0 aliphatic carbocycles. The predicted octanol–water partition coefficient (Wildman–Crippen LogP) is 0.0327. The lowest BCUT2D eigenvalue weighted by atomic mass is 10.5. The van der Waals surface area contributed by atoms with Crippen LogP contribution in [0.5, 0.6) is 0 Å². The lowest BCUT2D eigenvalue weighted by Crippen LogP contribution is -1.99. The van der Waals surface area contributed by atoms with E-state index in [2.05, 4.69) is 15.5 Å². The Morgan fingerprint density at radius 3 is 3.00 bits per heavy atom. The highest BCUT2D eigenvalue weighted by atomic mass is 19.1. The maximum Gasteiger partial charge on any atom is 0.138 e. The van der Waals surface area contributed by atoms with E-state index in [1.54, 1.807) is 0 Å². The first kappa shape index (κ1) is 6.12. The number of tetrazole rings is 1. The van der Waals surface area contributed by atoms with Gasteiger partial charge in [-0.1, -0.05) is 0 Å². The van der Waals surface area contributed by atoms with Crippen LogP contribution in [-0.4, -0.2) is 26.9 Å². The Hall–Kier alpha value is -1.00. The van der Waals surface area contributed by atoms with Gasteiger partial charge in [-0.2, -0.15) is 0 Å². The number of aryl methyl sites for hydroxylation is 1. The van der Waals surface area contributed by atoms with E-state index in [4.69, 9.17) is 0 Å². The van der Waals surface area contributed by atoms with Crippen molar-refractivity contribution < 1.29 is 4.39 Å². The molecular formula is C4H7FN4. The van der Waals surface area contributed by atoms with Crippen molar-refractivity contribution in [2.45, 2.75) is 13.0 Å². The predicted molar refractivity (Wildman–Crippen MR) is 28.4 cm³/mol. The molecule has 0 amide bonds. The molecule has 0 unspecified atom stereocenters. The van der Waals surface area contributed by atoms with Gasteiger partial charge in [0.2, 0.25) is 0 Å². The van der Waals surface area contributed by atoms with Gasteiger partial charge in [0.1, 0.15) is 6.33 Å². The maximum absolute atomic E-state index is 11.5. The van der Waals surface area contributed by atoms with E-state index in [0.29, 0.717) is 13.0 Å². The van der Waals surface area contributed by atoms with E-state index in [0.717, 1.165) is 0 Å². The second kappa shape index (κ2) is 3.11. The average Bonchev–Trinajstić information content (AvgIpc) is 2.34. The number of rotatable bonds is 3. The van der Waals surface area contributed by atoms with Crippen LogP contribution in [0.1, 0.15) is 6.42 Å². The third-order valence-electron chi connectivity index (χ3n) is 0.912. The summed E-state index contributed by atoms with van der Waals surface area (Å²) in [5.41, 5.74) is 0. The highest BCUT2D eigenvalue weighted by molar-refractivity contribution is 4.45. The van der Waals surface area contributed by atoms with E-state index < -0.39 is 0 Å². The molecule has 50 valence electrons. The van der Waals surface area contributed by atoms with Crippen molar-refractivity contribution in [1.82, 2.24) is 20.2 Å². The largest absolute Gasteiger partial charge is 0.251 e. The number of halogens is 1. The first-order valence-corrected chi connectivity index (χ1v) is 2.70. The van der Waals surface area contributed by atoms with Crippen LogP contribution >= 0.6 is 0 Å². The molecule has 4 nitrogen and oxygen atoms in total. The minimum absolute atomic E-state index is 0.320. The molecule has 0 atom stereocenters. The lowest BCUT2D eigenvalue weighted by molar-refractivity contribution is 0.431. The molecule has 1 aromatic rings. The fraction of sp³-hybridized carbons (Fsp3) is 0.750. The van der Waals surface area contributed by atoms with Crippen LogP contribution in [0.25, 0.3) is 0 Å². The second-order valence-corrected chi connectivity index (χ2v) is 1.62. The van der Waals surface area contributed by atoms with Gasteiger partial charge in [-0.15, -0.1) is 5.10 Å². The molecule has 0 bridgehead atoms. The molecule has 9 heavy (non-hydrogen) atoms. The Kier molecular flexibility index (Phi) is 2.12. The summed E-state index contributed by atoms with van der Waals surface area (Å²) >= 11 is 0. The van der Waals surface area contributed by atoms with Crippen molar-refractivity contribution in [3.05, 3.63) is 6.33 Å². The van der Waals surface area contributed by atoms with Crippen LogP contribution in [0, 0.1) is 0 Å². The summed E-state index contributed by atoms with van der Waals surface area (Å²) < 4.78 is 13.0. The molecular weight excluding hydrogens is 123 g/mol. The van der Waals surface area contributed by atoms with Gasteiger partial charge in [0.05, 0.1) is 6.67 Å². The average molecular weight is 130 g/mol. The first-order valence-electron chi connectivity index (χ1n) is 2.70. The minimum Gasteiger partial charge on any atom is -0.251 e. The fourth-order valence-corrected chi connectivity index (χ4v) is 0.504. The third kappa shape index (κ3) is 1.75. The van der Waals surface area contributed by atoms with Gasteiger partial charge >= 0.3 is 0 Å². The van der Waals surface area contributed by atoms with Crippen molar-refractivity contribution in [1.29, 1.82) is 0 Å². The first-order chi connectivity index (χ1) is 4.43. The summed E-state index contributed by atoms with van der Waals surface area (Å²) in [6.07, 6.45) is 1.95. The Labute approximate surface area is 51.7 Å². The van der Waals surface area contributed by atoms with Crippen molar-refractivity contribution in [2.75, 3.05) is 6.67 Å². The van der Waals surface area contributed by atoms with Crippen molar-refractivity contribution in [2.24, 2.45) is 0 Å².